The molecule has 7 heteroatoms. The average Bonchev–Trinajstić information content (AvgIpc) is 3.02. The van der Waals surface area contributed by atoms with Crippen molar-refractivity contribution in [2.24, 2.45) is 10.9 Å². The summed E-state index contributed by atoms with van der Waals surface area (Å²) in [6.07, 6.45) is 2.84. The maximum absolute atomic E-state index is 4.39. The van der Waals surface area contributed by atoms with Gasteiger partial charge in [0.1, 0.15) is 0 Å². The lowest BCUT2D eigenvalue weighted by Crippen LogP contribution is -2.45. The third kappa shape index (κ3) is 7.90. The van der Waals surface area contributed by atoms with Gasteiger partial charge < -0.3 is 16.0 Å². The summed E-state index contributed by atoms with van der Waals surface area (Å²) in [6, 6.07) is 10.6. The predicted molar refractivity (Wildman–Crippen MR) is 124 cm³/mol. The molecule has 1 atom stereocenters. The van der Waals surface area contributed by atoms with Gasteiger partial charge in [-0.05, 0) is 25.0 Å². The Morgan fingerprint density at radius 2 is 1.92 bits per heavy atom. The lowest BCUT2D eigenvalue weighted by atomic mass is 10.0. The second kappa shape index (κ2) is 12.1. The smallest absolute Gasteiger partial charge is 0.191 e. The van der Waals surface area contributed by atoms with Crippen LogP contribution in [0.2, 0.25) is 0 Å². The molecule has 1 aromatic heterocycles. The molecule has 1 unspecified atom stereocenters. The molecule has 26 heavy (non-hydrogen) atoms. The molecule has 0 aliphatic carbocycles. The normalized spacial score (nSPS) is 12.4. The van der Waals surface area contributed by atoms with Crippen molar-refractivity contribution in [2.45, 2.75) is 33.2 Å². The van der Waals surface area contributed by atoms with Gasteiger partial charge in [-0.15, -0.1) is 35.3 Å². The molecule has 0 aliphatic heterocycles. The number of aliphatic imine (C=N–C) groups is 1. The zero-order valence-corrected chi connectivity index (χ0v) is 19.1. The number of aromatic nitrogens is 1. The minimum atomic E-state index is 0. The Balaban J connectivity index is 0.00000338. The fraction of sp³-hybridized carbons (Fsp3) is 0.474. The maximum atomic E-state index is 4.39. The molecule has 0 radical (unpaired) electrons. The fourth-order valence-electron chi connectivity index (χ4n) is 2.43. The number of nitrogens with zero attached hydrogens (tertiary/aromatic N) is 2. The van der Waals surface area contributed by atoms with E-state index in [-0.39, 0.29) is 24.0 Å². The van der Waals surface area contributed by atoms with Crippen LogP contribution >= 0.6 is 35.3 Å². The first-order chi connectivity index (χ1) is 12.1. The van der Waals surface area contributed by atoms with Gasteiger partial charge in [-0.3, -0.25) is 4.99 Å². The van der Waals surface area contributed by atoms with Crippen LogP contribution in [0.1, 0.15) is 23.7 Å². The summed E-state index contributed by atoms with van der Waals surface area (Å²) >= 11 is 1.75. The molecule has 0 fully saturated rings. The van der Waals surface area contributed by atoms with E-state index >= 15 is 0 Å². The molecule has 0 amide bonds. The van der Waals surface area contributed by atoms with E-state index < -0.39 is 0 Å². The number of nitrogens with one attached hydrogen (secondary N) is 3. The Bertz CT molecular complexity index is 657. The van der Waals surface area contributed by atoms with Crippen molar-refractivity contribution in [3.8, 4) is 0 Å². The van der Waals surface area contributed by atoms with E-state index in [1.54, 1.807) is 18.4 Å². The third-order valence-corrected chi connectivity index (χ3v) is 4.92. The lowest BCUT2D eigenvalue weighted by molar-refractivity contribution is 0.512. The number of guanidine groups is 1. The van der Waals surface area contributed by atoms with Crippen LogP contribution in [0.5, 0.6) is 0 Å². The second-order valence-corrected chi connectivity index (χ2v) is 7.67. The van der Waals surface area contributed by atoms with Crippen LogP contribution in [0.25, 0.3) is 0 Å². The summed E-state index contributed by atoms with van der Waals surface area (Å²) in [5, 5.41) is 11.5. The third-order valence-electron chi connectivity index (χ3n) is 3.94. The molecule has 0 spiro atoms. The molecule has 2 rings (SSSR count). The van der Waals surface area contributed by atoms with Gasteiger partial charge in [0.25, 0.3) is 0 Å². The van der Waals surface area contributed by atoms with Crippen LogP contribution in [-0.4, -0.2) is 37.1 Å². The largest absolute Gasteiger partial charge is 0.380 e. The highest BCUT2D eigenvalue weighted by Crippen LogP contribution is 2.12. The Morgan fingerprint density at radius 3 is 2.50 bits per heavy atom. The standard InChI is InChI=1S/C19H29N5S.HI/c1-14(2)17(24-16-8-6-5-7-9-16)13-23-19(20-4)21-11-10-18-22-12-15(3)25-18;/h5-9,12,14,17,24H,10-11,13H2,1-4H3,(H2,20,21,23);1H. The Hall–Kier alpha value is -1.35. The Morgan fingerprint density at radius 1 is 1.19 bits per heavy atom. The van der Waals surface area contributed by atoms with E-state index in [2.05, 4.69) is 58.8 Å². The van der Waals surface area contributed by atoms with E-state index in [0.717, 1.165) is 36.2 Å². The molecule has 0 saturated heterocycles. The van der Waals surface area contributed by atoms with E-state index in [1.165, 1.54) is 4.88 Å². The molecule has 0 aliphatic rings. The minimum absolute atomic E-state index is 0. The highest BCUT2D eigenvalue weighted by molar-refractivity contribution is 14.0. The second-order valence-electron chi connectivity index (χ2n) is 6.36. The molecule has 1 aromatic carbocycles. The van der Waals surface area contributed by atoms with Gasteiger partial charge in [-0.1, -0.05) is 32.0 Å². The molecular weight excluding hydrogens is 457 g/mol. The Kier molecular flexibility index (Phi) is 10.6. The highest BCUT2D eigenvalue weighted by atomic mass is 127. The van der Waals surface area contributed by atoms with Gasteiger partial charge in [0.2, 0.25) is 0 Å². The number of anilines is 1. The zero-order valence-electron chi connectivity index (χ0n) is 16.0. The monoisotopic (exact) mass is 487 g/mol. The SMILES string of the molecule is CN=C(NCCc1ncc(C)s1)NCC(Nc1ccccc1)C(C)C.I. The topological polar surface area (TPSA) is 61.3 Å². The summed E-state index contributed by atoms with van der Waals surface area (Å²) < 4.78 is 0. The maximum Gasteiger partial charge on any atom is 0.191 e. The van der Waals surface area contributed by atoms with E-state index in [1.807, 2.05) is 24.4 Å². The summed E-state index contributed by atoms with van der Waals surface area (Å²) in [5.41, 5.74) is 1.14. The van der Waals surface area contributed by atoms with Crippen LogP contribution in [0.15, 0.2) is 41.5 Å². The van der Waals surface area contributed by atoms with Crippen molar-refractivity contribution in [3.63, 3.8) is 0 Å². The number of rotatable bonds is 8. The number of halogens is 1. The summed E-state index contributed by atoms with van der Waals surface area (Å²) in [6.45, 7) is 8.17. The molecule has 3 N–H and O–H groups in total. The molecule has 2 aromatic rings. The van der Waals surface area contributed by atoms with Crippen LogP contribution in [0.3, 0.4) is 0 Å². The van der Waals surface area contributed by atoms with Crippen molar-refractivity contribution in [2.75, 3.05) is 25.5 Å². The van der Waals surface area contributed by atoms with Crippen molar-refractivity contribution in [1.29, 1.82) is 0 Å². The predicted octanol–water partition coefficient (Wildman–Crippen LogP) is 3.91. The van der Waals surface area contributed by atoms with Gasteiger partial charge in [-0.2, -0.15) is 0 Å². The quantitative estimate of drug-likeness (QED) is 0.300. The van der Waals surface area contributed by atoms with Crippen molar-refractivity contribution in [1.82, 2.24) is 15.6 Å². The van der Waals surface area contributed by atoms with E-state index in [4.69, 9.17) is 0 Å². The number of hydrogen-bond donors (Lipinski definition) is 3. The first-order valence-electron chi connectivity index (χ1n) is 8.76. The fourth-order valence-corrected chi connectivity index (χ4v) is 3.22. The van der Waals surface area contributed by atoms with Gasteiger partial charge in [0.05, 0.1) is 5.01 Å². The van der Waals surface area contributed by atoms with Gasteiger partial charge in [0, 0.05) is 49.4 Å². The van der Waals surface area contributed by atoms with Gasteiger partial charge in [-0.25, -0.2) is 4.98 Å². The lowest BCUT2D eigenvalue weighted by Gasteiger charge is -2.25. The van der Waals surface area contributed by atoms with E-state index in [9.17, 15) is 0 Å². The first-order valence-corrected chi connectivity index (χ1v) is 9.57. The number of benzene rings is 1. The number of aryl methyl sites for hydroxylation is 1. The summed E-state index contributed by atoms with van der Waals surface area (Å²) in [7, 11) is 1.80. The van der Waals surface area contributed by atoms with Crippen LogP contribution in [0.4, 0.5) is 5.69 Å². The zero-order chi connectivity index (χ0) is 18.1. The molecule has 0 saturated carbocycles. The van der Waals surface area contributed by atoms with Gasteiger partial charge >= 0.3 is 0 Å². The molecule has 0 bridgehead atoms. The van der Waals surface area contributed by atoms with E-state index in [0.29, 0.717) is 12.0 Å². The Labute approximate surface area is 178 Å². The van der Waals surface area contributed by atoms with Crippen molar-refractivity contribution in [3.05, 3.63) is 46.4 Å². The number of thiazole rings is 1. The average molecular weight is 487 g/mol. The number of para-hydroxylation sites is 1. The summed E-state index contributed by atoms with van der Waals surface area (Å²) in [5.74, 6) is 1.33. The van der Waals surface area contributed by atoms with Crippen LogP contribution < -0.4 is 16.0 Å². The highest BCUT2D eigenvalue weighted by Gasteiger charge is 2.13. The van der Waals surface area contributed by atoms with Crippen LogP contribution in [0, 0.1) is 12.8 Å². The van der Waals surface area contributed by atoms with Crippen molar-refractivity contribution < 1.29 is 0 Å². The number of hydrogen-bond acceptors (Lipinski definition) is 4. The molecular formula is C19H30IN5S. The molecule has 1 heterocycles. The van der Waals surface area contributed by atoms with Gasteiger partial charge in [0.15, 0.2) is 5.96 Å². The van der Waals surface area contributed by atoms with Crippen molar-refractivity contribution >= 4 is 47.0 Å². The van der Waals surface area contributed by atoms with Crippen LogP contribution in [-0.2, 0) is 6.42 Å². The summed E-state index contributed by atoms with van der Waals surface area (Å²) in [4.78, 5) is 9.96. The minimum Gasteiger partial charge on any atom is -0.380 e. The first kappa shape index (κ1) is 22.7. The molecule has 5 nitrogen and oxygen atoms in total. The molecule has 144 valence electrons.